The number of nitrogens with zero attached hydrogens (tertiary/aromatic N) is 2. The SMILES string of the molecule is COc1ccccc1CCNC(=O)Cn1nc(-c2ccccc2OC)ccc1=O. The van der Waals surface area contributed by atoms with E-state index in [9.17, 15) is 9.59 Å². The highest BCUT2D eigenvalue weighted by Gasteiger charge is 2.11. The molecule has 29 heavy (non-hydrogen) atoms. The van der Waals surface area contributed by atoms with Gasteiger partial charge in [0.2, 0.25) is 5.91 Å². The van der Waals surface area contributed by atoms with Gasteiger partial charge in [0, 0.05) is 18.2 Å². The predicted octanol–water partition coefficient (Wildman–Crippen LogP) is 2.29. The van der Waals surface area contributed by atoms with Crippen LogP contribution in [0.5, 0.6) is 11.5 Å². The van der Waals surface area contributed by atoms with E-state index in [4.69, 9.17) is 9.47 Å². The Hall–Kier alpha value is -3.61. The van der Waals surface area contributed by atoms with Crippen molar-refractivity contribution >= 4 is 5.91 Å². The number of ether oxygens (including phenoxy) is 2. The summed E-state index contributed by atoms with van der Waals surface area (Å²) in [5, 5.41) is 7.15. The van der Waals surface area contributed by atoms with Crippen molar-refractivity contribution in [1.29, 1.82) is 0 Å². The largest absolute Gasteiger partial charge is 0.496 e. The third-order valence-corrected chi connectivity index (χ3v) is 4.45. The summed E-state index contributed by atoms with van der Waals surface area (Å²) in [4.78, 5) is 24.5. The van der Waals surface area contributed by atoms with Crippen molar-refractivity contribution in [2.75, 3.05) is 20.8 Å². The summed E-state index contributed by atoms with van der Waals surface area (Å²) < 4.78 is 11.8. The van der Waals surface area contributed by atoms with Gasteiger partial charge in [0.1, 0.15) is 18.0 Å². The lowest BCUT2D eigenvalue weighted by atomic mass is 10.1. The van der Waals surface area contributed by atoms with Gasteiger partial charge in [-0.25, -0.2) is 4.68 Å². The molecule has 0 aliphatic carbocycles. The minimum absolute atomic E-state index is 0.159. The highest BCUT2D eigenvalue weighted by molar-refractivity contribution is 5.75. The van der Waals surface area contributed by atoms with Gasteiger partial charge in [-0.15, -0.1) is 0 Å². The minimum Gasteiger partial charge on any atom is -0.496 e. The molecule has 0 unspecified atom stereocenters. The molecule has 1 N–H and O–H groups in total. The number of methoxy groups -OCH3 is 2. The molecule has 3 rings (SSSR count). The molecule has 0 saturated carbocycles. The van der Waals surface area contributed by atoms with Crippen LogP contribution in [0.1, 0.15) is 5.56 Å². The van der Waals surface area contributed by atoms with Gasteiger partial charge in [-0.2, -0.15) is 5.10 Å². The van der Waals surface area contributed by atoms with Crippen LogP contribution in [0.3, 0.4) is 0 Å². The van der Waals surface area contributed by atoms with Crippen molar-refractivity contribution in [3.8, 4) is 22.8 Å². The number of rotatable bonds is 8. The van der Waals surface area contributed by atoms with Gasteiger partial charge in [-0.05, 0) is 36.2 Å². The maximum absolute atomic E-state index is 12.3. The highest BCUT2D eigenvalue weighted by Crippen LogP contribution is 2.27. The molecule has 7 heteroatoms. The molecule has 0 atom stereocenters. The van der Waals surface area contributed by atoms with Crippen LogP contribution in [0.25, 0.3) is 11.3 Å². The molecule has 1 amide bonds. The van der Waals surface area contributed by atoms with Crippen LogP contribution in [0.15, 0.2) is 65.5 Å². The number of hydrogen-bond acceptors (Lipinski definition) is 5. The molecular weight excluding hydrogens is 370 g/mol. The van der Waals surface area contributed by atoms with E-state index in [1.807, 2.05) is 48.5 Å². The molecule has 1 heterocycles. The quantitative estimate of drug-likeness (QED) is 0.635. The Bertz CT molecular complexity index is 1050. The first kappa shape index (κ1) is 20.1. The van der Waals surface area contributed by atoms with Crippen LogP contribution in [-0.2, 0) is 17.8 Å². The molecule has 150 valence electrons. The number of amides is 1. The summed E-state index contributed by atoms with van der Waals surface area (Å²) in [5.74, 6) is 1.14. The first-order chi connectivity index (χ1) is 14.1. The number of benzene rings is 2. The number of nitrogens with one attached hydrogen (secondary N) is 1. The Kier molecular flexibility index (Phi) is 6.63. The average molecular weight is 393 g/mol. The number of carbonyl (C=O) groups excluding carboxylic acids is 1. The lowest BCUT2D eigenvalue weighted by molar-refractivity contribution is -0.121. The van der Waals surface area contributed by atoms with Crippen LogP contribution in [0.4, 0.5) is 0 Å². The Morgan fingerprint density at radius 3 is 2.41 bits per heavy atom. The molecule has 2 aromatic carbocycles. The third-order valence-electron chi connectivity index (χ3n) is 4.45. The van der Waals surface area contributed by atoms with Crippen LogP contribution in [0, 0.1) is 0 Å². The van der Waals surface area contributed by atoms with E-state index in [0.29, 0.717) is 24.4 Å². The van der Waals surface area contributed by atoms with Crippen molar-refractivity contribution in [3.05, 3.63) is 76.6 Å². The summed E-state index contributed by atoms with van der Waals surface area (Å²) in [5.41, 5.74) is 1.97. The summed E-state index contributed by atoms with van der Waals surface area (Å²) >= 11 is 0. The van der Waals surface area contributed by atoms with Crippen LogP contribution in [0.2, 0.25) is 0 Å². The van der Waals surface area contributed by atoms with Gasteiger partial charge >= 0.3 is 0 Å². The van der Waals surface area contributed by atoms with Gasteiger partial charge in [0.25, 0.3) is 5.56 Å². The van der Waals surface area contributed by atoms with Gasteiger partial charge in [0.05, 0.1) is 19.9 Å². The summed E-state index contributed by atoms with van der Waals surface area (Å²) in [6.07, 6.45) is 0.624. The monoisotopic (exact) mass is 393 g/mol. The molecular formula is C22H23N3O4. The lowest BCUT2D eigenvalue weighted by Crippen LogP contribution is -2.34. The standard InChI is InChI=1S/C22H23N3O4/c1-28-19-9-5-3-7-16(19)13-14-23-21(26)15-25-22(27)12-11-18(24-25)17-8-4-6-10-20(17)29-2/h3-12H,13-15H2,1-2H3,(H,23,26). The normalized spacial score (nSPS) is 10.4. The maximum Gasteiger partial charge on any atom is 0.267 e. The Morgan fingerprint density at radius 2 is 1.66 bits per heavy atom. The van der Waals surface area contributed by atoms with E-state index in [2.05, 4.69) is 10.4 Å². The van der Waals surface area contributed by atoms with E-state index >= 15 is 0 Å². The molecule has 0 spiro atoms. The average Bonchev–Trinajstić information content (AvgIpc) is 2.75. The van der Waals surface area contributed by atoms with E-state index in [1.54, 1.807) is 20.3 Å². The fraction of sp³-hybridized carbons (Fsp3) is 0.227. The van der Waals surface area contributed by atoms with E-state index in [0.717, 1.165) is 21.6 Å². The van der Waals surface area contributed by atoms with Crippen molar-refractivity contribution in [2.45, 2.75) is 13.0 Å². The number of para-hydroxylation sites is 2. The second-order valence-corrected chi connectivity index (χ2v) is 6.33. The van der Waals surface area contributed by atoms with E-state index in [1.165, 1.54) is 6.07 Å². The zero-order chi connectivity index (χ0) is 20.6. The Labute approximate surface area is 168 Å². The van der Waals surface area contributed by atoms with Gasteiger partial charge in [-0.1, -0.05) is 30.3 Å². The van der Waals surface area contributed by atoms with E-state index < -0.39 is 0 Å². The maximum atomic E-state index is 12.3. The minimum atomic E-state index is -0.344. The molecule has 0 saturated heterocycles. The Morgan fingerprint density at radius 1 is 0.966 bits per heavy atom. The fourth-order valence-electron chi connectivity index (χ4n) is 3.00. The summed E-state index contributed by atoms with van der Waals surface area (Å²) in [7, 11) is 3.19. The van der Waals surface area contributed by atoms with Crippen LogP contribution in [-0.4, -0.2) is 36.5 Å². The molecule has 7 nitrogen and oxygen atoms in total. The molecule has 3 aromatic rings. The second-order valence-electron chi connectivity index (χ2n) is 6.33. The van der Waals surface area contributed by atoms with Crippen molar-refractivity contribution in [2.24, 2.45) is 0 Å². The fourth-order valence-corrected chi connectivity index (χ4v) is 3.00. The van der Waals surface area contributed by atoms with Gasteiger partial charge in [-0.3, -0.25) is 9.59 Å². The number of aromatic nitrogens is 2. The molecule has 0 radical (unpaired) electrons. The second kappa shape index (κ2) is 9.54. The summed E-state index contributed by atoms with van der Waals surface area (Å²) in [6, 6.07) is 18.1. The zero-order valence-electron chi connectivity index (χ0n) is 16.4. The van der Waals surface area contributed by atoms with Crippen molar-refractivity contribution in [3.63, 3.8) is 0 Å². The highest BCUT2D eigenvalue weighted by atomic mass is 16.5. The lowest BCUT2D eigenvalue weighted by Gasteiger charge is -2.11. The van der Waals surface area contributed by atoms with Gasteiger partial charge in [0.15, 0.2) is 0 Å². The molecule has 1 aromatic heterocycles. The molecule has 0 bridgehead atoms. The van der Waals surface area contributed by atoms with E-state index in [-0.39, 0.29) is 18.0 Å². The smallest absolute Gasteiger partial charge is 0.267 e. The zero-order valence-corrected chi connectivity index (χ0v) is 16.4. The third kappa shape index (κ3) is 5.01. The van der Waals surface area contributed by atoms with Gasteiger partial charge < -0.3 is 14.8 Å². The number of hydrogen-bond donors (Lipinski definition) is 1. The summed E-state index contributed by atoms with van der Waals surface area (Å²) in [6.45, 7) is 0.272. The van der Waals surface area contributed by atoms with Crippen LogP contribution >= 0.6 is 0 Å². The predicted molar refractivity (Wildman–Crippen MR) is 110 cm³/mol. The topological polar surface area (TPSA) is 82.4 Å². The van der Waals surface area contributed by atoms with Crippen LogP contribution < -0.4 is 20.3 Å². The van der Waals surface area contributed by atoms with Crippen molar-refractivity contribution in [1.82, 2.24) is 15.1 Å². The molecule has 0 aliphatic rings. The molecule has 0 fully saturated rings. The number of carbonyl (C=O) groups is 1. The first-order valence-corrected chi connectivity index (χ1v) is 9.22. The molecule has 0 aliphatic heterocycles. The van der Waals surface area contributed by atoms with Crippen molar-refractivity contribution < 1.29 is 14.3 Å². The first-order valence-electron chi connectivity index (χ1n) is 9.22. The Balaban J connectivity index is 1.66.